The molecule has 0 unspecified atom stereocenters. The quantitative estimate of drug-likeness (QED) is 0.547. The van der Waals surface area contributed by atoms with E-state index in [1.165, 1.54) is 36.4 Å². The molecule has 0 atom stereocenters. The lowest BCUT2D eigenvalue weighted by Gasteiger charge is -2.11. The molecule has 146 valence electrons. The Morgan fingerprint density at radius 2 is 1.76 bits per heavy atom. The van der Waals surface area contributed by atoms with Gasteiger partial charge in [0.25, 0.3) is 10.0 Å². The Morgan fingerprint density at radius 3 is 2.38 bits per heavy atom. The van der Waals surface area contributed by atoms with Gasteiger partial charge in [0, 0.05) is 10.9 Å². The van der Waals surface area contributed by atoms with Crippen LogP contribution in [0.4, 0.5) is 4.39 Å². The van der Waals surface area contributed by atoms with Crippen LogP contribution in [0.15, 0.2) is 71.8 Å². The Balaban J connectivity index is 1.99. The molecule has 0 bridgehead atoms. The maximum atomic E-state index is 13.3. The number of aromatic nitrogens is 2. The molecule has 0 saturated heterocycles. The lowest BCUT2D eigenvalue weighted by molar-refractivity contribution is 0.0689. The molecule has 0 fully saturated rings. The normalized spacial score (nSPS) is 11.7. The van der Waals surface area contributed by atoms with Crippen molar-refractivity contribution in [2.45, 2.75) is 11.8 Å². The highest BCUT2D eigenvalue weighted by atomic mass is 32.2. The first-order valence-electron chi connectivity index (χ1n) is 8.60. The molecule has 2 heterocycles. The molecule has 0 radical (unpaired) electrons. The molecule has 4 rings (SSSR count). The summed E-state index contributed by atoms with van der Waals surface area (Å²) in [5.41, 5.74) is 1.68. The number of pyridine rings is 1. The van der Waals surface area contributed by atoms with Gasteiger partial charge in [-0.05, 0) is 43.3 Å². The van der Waals surface area contributed by atoms with Gasteiger partial charge in [0.2, 0.25) is 0 Å². The minimum Gasteiger partial charge on any atom is -0.477 e. The van der Waals surface area contributed by atoms with Crippen LogP contribution in [0.5, 0.6) is 0 Å². The zero-order valence-electron chi connectivity index (χ0n) is 15.2. The standard InChI is InChI=1S/C21H15FN2O4S/c1-13-2-7-17(8-3-13)29(27,28)24-19-10-14(18-9-6-16(22)12-23-18)4-5-15(19)11-20(24)21(25)26/h2-12H,1H3,(H,25,26). The SMILES string of the molecule is Cc1ccc(S(=O)(=O)n2c(C(=O)O)cc3ccc(-c4ccc(F)cn4)cc32)cc1. The van der Waals surface area contributed by atoms with E-state index in [2.05, 4.69) is 4.98 Å². The van der Waals surface area contributed by atoms with E-state index in [1.807, 2.05) is 6.92 Å². The Bertz CT molecular complexity index is 1340. The molecule has 6 nitrogen and oxygen atoms in total. The molecule has 2 aromatic heterocycles. The van der Waals surface area contributed by atoms with Gasteiger partial charge in [-0.15, -0.1) is 0 Å². The van der Waals surface area contributed by atoms with Crippen molar-refractivity contribution in [2.75, 3.05) is 0 Å². The van der Waals surface area contributed by atoms with Crippen molar-refractivity contribution in [1.82, 2.24) is 8.96 Å². The van der Waals surface area contributed by atoms with Crippen molar-refractivity contribution in [3.05, 3.63) is 83.9 Å². The zero-order chi connectivity index (χ0) is 20.8. The van der Waals surface area contributed by atoms with E-state index in [0.29, 0.717) is 16.6 Å². The van der Waals surface area contributed by atoms with Gasteiger partial charge < -0.3 is 5.11 Å². The van der Waals surface area contributed by atoms with Crippen molar-refractivity contribution in [3.63, 3.8) is 0 Å². The van der Waals surface area contributed by atoms with Crippen molar-refractivity contribution in [2.24, 2.45) is 0 Å². The summed E-state index contributed by atoms with van der Waals surface area (Å²) in [4.78, 5) is 15.8. The van der Waals surface area contributed by atoms with Gasteiger partial charge in [-0.25, -0.2) is 21.6 Å². The molecule has 29 heavy (non-hydrogen) atoms. The van der Waals surface area contributed by atoms with Crippen LogP contribution in [0.2, 0.25) is 0 Å². The first-order chi connectivity index (χ1) is 13.8. The molecule has 0 aliphatic rings. The first-order valence-corrected chi connectivity index (χ1v) is 10.0. The Hall–Kier alpha value is -3.52. The van der Waals surface area contributed by atoms with Gasteiger partial charge in [-0.3, -0.25) is 4.98 Å². The van der Waals surface area contributed by atoms with Crippen LogP contribution in [-0.4, -0.2) is 28.5 Å². The van der Waals surface area contributed by atoms with Gasteiger partial charge in [0.1, 0.15) is 11.5 Å². The van der Waals surface area contributed by atoms with E-state index in [9.17, 15) is 22.7 Å². The molecular formula is C21H15FN2O4S. The molecule has 4 aromatic rings. The highest BCUT2D eigenvalue weighted by Crippen LogP contribution is 2.29. The summed E-state index contributed by atoms with van der Waals surface area (Å²) >= 11 is 0. The van der Waals surface area contributed by atoms with Crippen molar-refractivity contribution in [3.8, 4) is 11.3 Å². The molecule has 0 spiro atoms. The maximum Gasteiger partial charge on any atom is 0.353 e. The third kappa shape index (κ3) is 3.27. The summed E-state index contributed by atoms with van der Waals surface area (Å²) in [6, 6.07) is 15.0. The summed E-state index contributed by atoms with van der Waals surface area (Å²) in [7, 11) is -4.16. The number of carboxylic acid groups (broad SMARTS) is 1. The number of hydrogen-bond donors (Lipinski definition) is 1. The van der Waals surface area contributed by atoms with Crippen molar-refractivity contribution < 1.29 is 22.7 Å². The van der Waals surface area contributed by atoms with E-state index in [1.54, 1.807) is 24.3 Å². The number of aromatic carboxylic acids is 1. The van der Waals surface area contributed by atoms with Crippen LogP contribution in [0, 0.1) is 12.7 Å². The highest BCUT2D eigenvalue weighted by Gasteiger charge is 2.26. The number of rotatable bonds is 4. The number of aryl methyl sites for hydroxylation is 1. The average Bonchev–Trinajstić information content (AvgIpc) is 3.09. The van der Waals surface area contributed by atoms with Crippen LogP contribution in [0.3, 0.4) is 0 Å². The summed E-state index contributed by atoms with van der Waals surface area (Å²) in [6.07, 6.45) is 1.06. The minimum atomic E-state index is -4.16. The second-order valence-electron chi connectivity index (χ2n) is 6.55. The number of carboxylic acids is 1. The van der Waals surface area contributed by atoms with Crippen LogP contribution in [-0.2, 0) is 10.0 Å². The Kier molecular flexibility index (Phi) is 4.43. The molecular weight excluding hydrogens is 395 g/mol. The van der Waals surface area contributed by atoms with E-state index >= 15 is 0 Å². The number of nitrogens with zero attached hydrogens (tertiary/aromatic N) is 2. The van der Waals surface area contributed by atoms with Crippen molar-refractivity contribution >= 4 is 26.9 Å². The zero-order valence-corrected chi connectivity index (χ0v) is 16.0. The number of fused-ring (bicyclic) bond motifs is 1. The predicted octanol–water partition coefficient (Wildman–Crippen LogP) is 4.09. The van der Waals surface area contributed by atoms with Gasteiger partial charge in [-0.2, -0.15) is 0 Å². The van der Waals surface area contributed by atoms with E-state index < -0.39 is 21.8 Å². The van der Waals surface area contributed by atoms with Crippen LogP contribution in [0.1, 0.15) is 16.1 Å². The summed E-state index contributed by atoms with van der Waals surface area (Å²) in [5, 5.41) is 10.0. The minimum absolute atomic E-state index is 0.0200. The fourth-order valence-corrected chi connectivity index (χ4v) is 4.60. The second kappa shape index (κ2) is 6.82. The molecule has 0 aliphatic heterocycles. The maximum absolute atomic E-state index is 13.3. The molecule has 2 aromatic carbocycles. The highest BCUT2D eigenvalue weighted by molar-refractivity contribution is 7.90. The fourth-order valence-electron chi connectivity index (χ4n) is 3.11. The summed E-state index contributed by atoms with van der Waals surface area (Å²) in [5.74, 6) is -1.85. The fraction of sp³-hybridized carbons (Fsp3) is 0.0476. The first kappa shape index (κ1) is 18.8. The van der Waals surface area contributed by atoms with Crippen LogP contribution in [0.25, 0.3) is 22.2 Å². The lowest BCUT2D eigenvalue weighted by atomic mass is 10.1. The smallest absolute Gasteiger partial charge is 0.353 e. The van der Waals surface area contributed by atoms with Gasteiger partial charge in [-0.1, -0.05) is 29.8 Å². The van der Waals surface area contributed by atoms with Crippen LogP contribution < -0.4 is 0 Å². The Labute approximate surface area is 165 Å². The number of halogens is 1. The van der Waals surface area contributed by atoms with Crippen molar-refractivity contribution in [1.29, 1.82) is 0 Å². The Morgan fingerprint density at radius 1 is 1.03 bits per heavy atom. The third-order valence-corrected chi connectivity index (χ3v) is 6.30. The largest absolute Gasteiger partial charge is 0.477 e. The van der Waals surface area contributed by atoms with Gasteiger partial charge in [0.15, 0.2) is 0 Å². The summed E-state index contributed by atoms with van der Waals surface area (Å²) in [6.45, 7) is 1.83. The molecule has 0 amide bonds. The summed E-state index contributed by atoms with van der Waals surface area (Å²) < 4.78 is 40.5. The van der Waals surface area contributed by atoms with Gasteiger partial charge >= 0.3 is 5.97 Å². The van der Waals surface area contributed by atoms with E-state index in [4.69, 9.17) is 0 Å². The second-order valence-corrected chi connectivity index (χ2v) is 8.34. The molecule has 8 heteroatoms. The average molecular weight is 410 g/mol. The molecule has 0 aliphatic carbocycles. The molecule has 0 saturated carbocycles. The predicted molar refractivity (Wildman–Crippen MR) is 106 cm³/mol. The topological polar surface area (TPSA) is 89.3 Å². The van der Waals surface area contributed by atoms with Crippen LogP contribution >= 0.6 is 0 Å². The van der Waals surface area contributed by atoms with E-state index in [0.717, 1.165) is 15.7 Å². The lowest BCUT2D eigenvalue weighted by Crippen LogP contribution is -2.18. The van der Waals surface area contributed by atoms with Gasteiger partial charge in [0.05, 0.1) is 22.3 Å². The third-order valence-electron chi connectivity index (χ3n) is 4.56. The molecule has 1 N–H and O–H groups in total. The monoisotopic (exact) mass is 410 g/mol. The van der Waals surface area contributed by atoms with E-state index in [-0.39, 0.29) is 16.1 Å². The number of hydrogen-bond acceptors (Lipinski definition) is 4. The number of benzene rings is 2. The number of carbonyl (C=O) groups is 1.